The zero-order chi connectivity index (χ0) is 14.2. The third-order valence-corrected chi connectivity index (χ3v) is 4.18. The van der Waals surface area contributed by atoms with Crippen LogP contribution in [0.15, 0.2) is 24.3 Å². The SMILES string of the molecule is O=C(CCC1CCCCC1)NCCc1ccc(O)cc1. The molecule has 1 aromatic carbocycles. The van der Waals surface area contributed by atoms with Gasteiger partial charge in [0.15, 0.2) is 0 Å². The summed E-state index contributed by atoms with van der Waals surface area (Å²) in [6.45, 7) is 0.675. The van der Waals surface area contributed by atoms with Crippen LogP contribution in [0.2, 0.25) is 0 Å². The molecule has 110 valence electrons. The Kier molecular flexibility index (Phi) is 5.90. The minimum Gasteiger partial charge on any atom is -0.508 e. The van der Waals surface area contributed by atoms with Gasteiger partial charge >= 0.3 is 0 Å². The zero-order valence-electron chi connectivity index (χ0n) is 12.1. The van der Waals surface area contributed by atoms with Crippen molar-refractivity contribution < 1.29 is 9.90 Å². The first-order chi connectivity index (χ1) is 9.74. The lowest BCUT2D eigenvalue weighted by atomic mass is 9.86. The largest absolute Gasteiger partial charge is 0.508 e. The second-order valence-corrected chi connectivity index (χ2v) is 5.81. The van der Waals surface area contributed by atoms with E-state index in [1.165, 1.54) is 32.1 Å². The highest BCUT2D eigenvalue weighted by Gasteiger charge is 2.14. The second kappa shape index (κ2) is 7.93. The lowest BCUT2D eigenvalue weighted by molar-refractivity contribution is -0.121. The van der Waals surface area contributed by atoms with E-state index in [1.54, 1.807) is 12.1 Å². The molecule has 0 saturated heterocycles. The van der Waals surface area contributed by atoms with Gasteiger partial charge in [-0.3, -0.25) is 4.79 Å². The summed E-state index contributed by atoms with van der Waals surface area (Å²) < 4.78 is 0. The number of phenolic OH excluding ortho intramolecular Hbond substituents is 1. The van der Waals surface area contributed by atoms with Gasteiger partial charge in [-0.25, -0.2) is 0 Å². The molecule has 0 heterocycles. The van der Waals surface area contributed by atoms with Gasteiger partial charge in [-0.15, -0.1) is 0 Å². The number of benzene rings is 1. The summed E-state index contributed by atoms with van der Waals surface area (Å²) in [4.78, 5) is 11.8. The van der Waals surface area contributed by atoms with Crippen LogP contribution in [0.5, 0.6) is 5.75 Å². The van der Waals surface area contributed by atoms with Crippen LogP contribution in [0.1, 0.15) is 50.5 Å². The van der Waals surface area contributed by atoms with Crippen molar-refractivity contribution in [1.29, 1.82) is 0 Å². The van der Waals surface area contributed by atoms with E-state index in [9.17, 15) is 9.90 Å². The van der Waals surface area contributed by atoms with Crippen LogP contribution in [0, 0.1) is 5.92 Å². The van der Waals surface area contributed by atoms with Crippen LogP contribution in [0.3, 0.4) is 0 Å². The molecular weight excluding hydrogens is 250 g/mol. The molecule has 3 nitrogen and oxygen atoms in total. The van der Waals surface area contributed by atoms with Crippen molar-refractivity contribution >= 4 is 5.91 Å². The molecule has 1 aliphatic rings. The van der Waals surface area contributed by atoms with Gasteiger partial charge in [0.05, 0.1) is 0 Å². The molecule has 0 bridgehead atoms. The van der Waals surface area contributed by atoms with E-state index in [1.807, 2.05) is 12.1 Å². The Morgan fingerprint density at radius 3 is 2.55 bits per heavy atom. The lowest BCUT2D eigenvalue weighted by Gasteiger charge is -2.20. The predicted octanol–water partition coefficient (Wildman–Crippen LogP) is 3.41. The first-order valence-electron chi connectivity index (χ1n) is 7.78. The Balaban J connectivity index is 1.58. The van der Waals surface area contributed by atoms with Crippen molar-refractivity contribution in [2.24, 2.45) is 5.92 Å². The van der Waals surface area contributed by atoms with E-state index in [4.69, 9.17) is 0 Å². The van der Waals surface area contributed by atoms with Crippen molar-refractivity contribution in [3.8, 4) is 5.75 Å². The van der Waals surface area contributed by atoms with E-state index in [-0.39, 0.29) is 11.7 Å². The summed E-state index contributed by atoms with van der Waals surface area (Å²) in [5.41, 5.74) is 1.13. The van der Waals surface area contributed by atoms with Crippen molar-refractivity contribution in [3.05, 3.63) is 29.8 Å². The van der Waals surface area contributed by atoms with E-state index in [0.717, 1.165) is 24.3 Å². The van der Waals surface area contributed by atoms with Gasteiger partial charge in [-0.1, -0.05) is 44.2 Å². The normalized spacial score (nSPS) is 16.0. The molecule has 20 heavy (non-hydrogen) atoms. The molecular formula is C17H25NO2. The van der Waals surface area contributed by atoms with E-state index in [2.05, 4.69) is 5.32 Å². The molecule has 0 unspecified atom stereocenters. The third-order valence-electron chi connectivity index (χ3n) is 4.18. The van der Waals surface area contributed by atoms with E-state index >= 15 is 0 Å². The predicted molar refractivity (Wildman–Crippen MR) is 80.6 cm³/mol. The molecule has 1 aliphatic carbocycles. The highest BCUT2D eigenvalue weighted by Crippen LogP contribution is 2.27. The van der Waals surface area contributed by atoms with E-state index in [0.29, 0.717) is 13.0 Å². The van der Waals surface area contributed by atoms with Gasteiger partial charge in [-0.2, -0.15) is 0 Å². The maximum Gasteiger partial charge on any atom is 0.220 e. The fourth-order valence-corrected chi connectivity index (χ4v) is 2.91. The Morgan fingerprint density at radius 1 is 1.15 bits per heavy atom. The highest BCUT2D eigenvalue weighted by molar-refractivity contribution is 5.75. The number of carbonyl (C=O) groups is 1. The highest BCUT2D eigenvalue weighted by atomic mass is 16.3. The number of nitrogens with one attached hydrogen (secondary N) is 1. The van der Waals surface area contributed by atoms with Gasteiger partial charge in [0, 0.05) is 13.0 Å². The van der Waals surface area contributed by atoms with Crippen molar-refractivity contribution in [2.75, 3.05) is 6.54 Å². The Labute approximate surface area is 121 Å². The lowest BCUT2D eigenvalue weighted by Crippen LogP contribution is -2.26. The molecule has 0 radical (unpaired) electrons. The van der Waals surface area contributed by atoms with Crippen LogP contribution < -0.4 is 5.32 Å². The molecule has 0 aromatic heterocycles. The first-order valence-corrected chi connectivity index (χ1v) is 7.78. The number of hydrogen-bond donors (Lipinski definition) is 2. The first kappa shape index (κ1) is 14.9. The fourth-order valence-electron chi connectivity index (χ4n) is 2.91. The van der Waals surface area contributed by atoms with Gasteiger partial charge < -0.3 is 10.4 Å². The molecule has 1 saturated carbocycles. The van der Waals surface area contributed by atoms with Crippen LogP contribution in [0.25, 0.3) is 0 Å². The molecule has 0 aliphatic heterocycles. The van der Waals surface area contributed by atoms with Gasteiger partial charge in [0.2, 0.25) is 5.91 Å². The number of rotatable bonds is 6. The Morgan fingerprint density at radius 2 is 1.85 bits per heavy atom. The van der Waals surface area contributed by atoms with Crippen molar-refractivity contribution in [3.63, 3.8) is 0 Å². The average molecular weight is 275 g/mol. The standard InChI is InChI=1S/C17H25NO2/c19-16-9-6-15(7-10-16)12-13-18-17(20)11-8-14-4-2-1-3-5-14/h6-7,9-10,14,19H,1-5,8,11-13H2,(H,18,20). The maximum absolute atomic E-state index is 11.8. The number of carbonyl (C=O) groups excluding carboxylic acids is 1. The van der Waals surface area contributed by atoms with Crippen LogP contribution in [-0.2, 0) is 11.2 Å². The van der Waals surface area contributed by atoms with Crippen LogP contribution >= 0.6 is 0 Å². The third kappa shape index (κ3) is 5.24. The van der Waals surface area contributed by atoms with Crippen molar-refractivity contribution in [1.82, 2.24) is 5.32 Å². The summed E-state index contributed by atoms with van der Waals surface area (Å²) in [6.07, 6.45) is 9.19. The summed E-state index contributed by atoms with van der Waals surface area (Å²) in [5, 5.41) is 12.2. The van der Waals surface area contributed by atoms with Crippen LogP contribution in [0.4, 0.5) is 0 Å². The minimum absolute atomic E-state index is 0.175. The summed E-state index contributed by atoms with van der Waals surface area (Å²) in [7, 11) is 0. The molecule has 1 aromatic rings. The topological polar surface area (TPSA) is 49.3 Å². The summed E-state index contributed by atoms with van der Waals surface area (Å²) in [6, 6.07) is 7.15. The number of phenols is 1. The molecule has 2 rings (SSSR count). The zero-order valence-corrected chi connectivity index (χ0v) is 12.1. The van der Waals surface area contributed by atoms with Crippen molar-refractivity contribution in [2.45, 2.75) is 51.4 Å². The second-order valence-electron chi connectivity index (χ2n) is 5.81. The summed E-state index contributed by atoms with van der Waals surface area (Å²) >= 11 is 0. The quantitative estimate of drug-likeness (QED) is 0.836. The van der Waals surface area contributed by atoms with E-state index < -0.39 is 0 Å². The number of hydrogen-bond acceptors (Lipinski definition) is 2. The maximum atomic E-state index is 11.8. The monoisotopic (exact) mass is 275 g/mol. The molecule has 1 amide bonds. The molecule has 1 fully saturated rings. The Bertz CT molecular complexity index is 408. The average Bonchev–Trinajstić information content (AvgIpc) is 2.48. The fraction of sp³-hybridized carbons (Fsp3) is 0.588. The Hall–Kier alpha value is -1.51. The van der Waals surface area contributed by atoms with Gasteiger partial charge in [0.25, 0.3) is 0 Å². The smallest absolute Gasteiger partial charge is 0.220 e. The van der Waals surface area contributed by atoms with Gasteiger partial charge in [-0.05, 0) is 36.5 Å². The van der Waals surface area contributed by atoms with Gasteiger partial charge in [0.1, 0.15) is 5.75 Å². The molecule has 0 atom stereocenters. The summed E-state index contributed by atoms with van der Waals surface area (Å²) in [5.74, 6) is 1.23. The molecule has 2 N–H and O–H groups in total. The molecule has 3 heteroatoms. The number of amides is 1. The number of aromatic hydroxyl groups is 1. The molecule has 0 spiro atoms. The van der Waals surface area contributed by atoms with Crippen LogP contribution in [-0.4, -0.2) is 17.6 Å². The minimum atomic E-state index is 0.175.